The molecule has 0 saturated heterocycles. The van der Waals surface area contributed by atoms with E-state index in [1.54, 1.807) is 4.90 Å². The topological polar surface area (TPSA) is 29.5 Å². The van der Waals surface area contributed by atoms with Crippen LogP contribution in [0.2, 0.25) is 5.02 Å². The van der Waals surface area contributed by atoms with Crippen LogP contribution < -0.4 is 0 Å². The first-order valence-electron chi connectivity index (χ1n) is 4.81. The number of fused-ring (bicyclic) bond motifs is 1. The maximum absolute atomic E-state index is 11.3. The van der Waals surface area contributed by atoms with Gasteiger partial charge in [-0.2, -0.15) is 0 Å². The van der Waals surface area contributed by atoms with Gasteiger partial charge in [-0.3, -0.25) is 0 Å². The second-order valence-electron chi connectivity index (χ2n) is 3.52. The number of ether oxygens (including phenoxy) is 1. The molecule has 0 N–H and O–H groups in total. The van der Waals surface area contributed by atoms with Gasteiger partial charge in [-0.05, 0) is 23.6 Å². The Hall–Kier alpha value is -1.22. The highest BCUT2D eigenvalue weighted by molar-refractivity contribution is 6.31. The van der Waals surface area contributed by atoms with E-state index in [9.17, 15) is 4.79 Å². The molecule has 3 nitrogen and oxygen atoms in total. The largest absolute Gasteiger partial charge is 0.453 e. The van der Waals surface area contributed by atoms with Crippen molar-refractivity contribution >= 4 is 17.7 Å². The number of carbonyl (C=O) groups is 1. The van der Waals surface area contributed by atoms with Gasteiger partial charge in [0.05, 0.1) is 7.11 Å². The van der Waals surface area contributed by atoms with Crippen molar-refractivity contribution in [2.45, 2.75) is 13.0 Å². The van der Waals surface area contributed by atoms with Crippen molar-refractivity contribution < 1.29 is 9.53 Å². The molecule has 80 valence electrons. The van der Waals surface area contributed by atoms with Crippen LogP contribution in [0.4, 0.5) is 4.79 Å². The Balaban J connectivity index is 2.24. The summed E-state index contributed by atoms with van der Waals surface area (Å²) in [6, 6.07) is 5.78. The van der Waals surface area contributed by atoms with Gasteiger partial charge < -0.3 is 9.64 Å². The third-order valence-corrected chi connectivity index (χ3v) is 3.00. The van der Waals surface area contributed by atoms with Crippen LogP contribution in [-0.2, 0) is 17.7 Å². The molecule has 1 aliphatic heterocycles. The molecule has 4 heteroatoms. The van der Waals surface area contributed by atoms with Gasteiger partial charge in [0, 0.05) is 18.1 Å². The lowest BCUT2D eigenvalue weighted by molar-refractivity contribution is 0.118. The van der Waals surface area contributed by atoms with E-state index < -0.39 is 0 Å². The van der Waals surface area contributed by atoms with Gasteiger partial charge in [0.15, 0.2) is 0 Å². The van der Waals surface area contributed by atoms with Crippen LogP contribution in [0.5, 0.6) is 0 Å². The highest BCUT2D eigenvalue weighted by atomic mass is 35.5. The normalized spacial score (nSPS) is 14.7. The lowest BCUT2D eigenvalue weighted by atomic mass is 10.0. The number of hydrogen-bond donors (Lipinski definition) is 0. The minimum Gasteiger partial charge on any atom is -0.453 e. The molecule has 1 amide bonds. The molecule has 0 atom stereocenters. The Kier molecular flexibility index (Phi) is 2.82. The minimum absolute atomic E-state index is 0.277. The molecule has 0 bridgehead atoms. The molecule has 2 rings (SSSR count). The number of halogens is 1. The molecule has 1 aliphatic rings. The summed E-state index contributed by atoms with van der Waals surface area (Å²) in [5, 5.41) is 0.789. The second-order valence-corrected chi connectivity index (χ2v) is 3.93. The van der Waals surface area contributed by atoms with Gasteiger partial charge in [0.2, 0.25) is 0 Å². The zero-order chi connectivity index (χ0) is 10.8. The third kappa shape index (κ3) is 1.92. The first-order chi connectivity index (χ1) is 7.22. The maximum Gasteiger partial charge on any atom is 0.409 e. The average Bonchev–Trinajstić information content (AvgIpc) is 2.28. The zero-order valence-electron chi connectivity index (χ0n) is 8.50. The first kappa shape index (κ1) is 10.3. The summed E-state index contributed by atoms with van der Waals surface area (Å²) in [7, 11) is 1.40. The van der Waals surface area contributed by atoms with E-state index >= 15 is 0 Å². The van der Waals surface area contributed by atoms with E-state index in [0.29, 0.717) is 13.1 Å². The predicted octanol–water partition coefficient (Wildman–Crippen LogP) is 2.46. The second kappa shape index (κ2) is 4.11. The SMILES string of the molecule is COC(=O)N1CCc2c(Cl)cccc2C1. The highest BCUT2D eigenvalue weighted by Crippen LogP contribution is 2.25. The zero-order valence-corrected chi connectivity index (χ0v) is 9.25. The molecule has 15 heavy (non-hydrogen) atoms. The van der Waals surface area contributed by atoms with Crippen molar-refractivity contribution in [3.8, 4) is 0 Å². The fourth-order valence-electron chi connectivity index (χ4n) is 1.85. The molecule has 0 spiro atoms. The molecule has 0 unspecified atom stereocenters. The monoisotopic (exact) mass is 225 g/mol. The van der Waals surface area contributed by atoms with Crippen LogP contribution in [0.15, 0.2) is 18.2 Å². The third-order valence-electron chi connectivity index (χ3n) is 2.64. The Morgan fingerprint density at radius 3 is 3.07 bits per heavy atom. The summed E-state index contributed by atoms with van der Waals surface area (Å²) in [6.45, 7) is 1.26. The number of amides is 1. The van der Waals surface area contributed by atoms with Gasteiger partial charge in [-0.25, -0.2) is 4.79 Å². The summed E-state index contributed by atoms with van der Waals surface area (Å²) >= 11 is 6.07. The minimum atomic E-state index is -0.277. The van der Waals surface area contributed by atoms with Gasteiger partial charge in [0.1, 0.15) is 0 Å². The van der Waals surface area contributed by atoms with Gasteiger partial charge in [0.25, 0.3) is 0 Å². The van der Waals surface area contributed by atoms with E-state index in [-0.39, 0.29) is 6.09 Å². The Morgan fingerprint density at radius 2 is 2.33 bits per heavy atom. The molecular weight excluding hydrogens is 214 g/mol. The number of methoxy groups -OCH3 is 1. The predicted molar refractivity (Wildman–Crippen MR) is 58.0 cm³/mol. The Bertz CT molecular complexity index is 392. The molecular formula is C11H12ClNO2. The van der Waals surface area contributed by atoms with Crippen LogP contribution in [0.3, 0.4) is 0 Å². The molecule has 1 aromatic carbocycles. The van der Waals surface area contributed by atoms with Crippen molar-refractivity contribution in [2.24, 2.45) is 0 Å². The first-order valence-corrected chi connectivity index (χ1v) is 5.19. The summed E-state index contributed by atoms with van der Waals surface area (Å²) < 4.78 is 4.69. The van der Waals surface area contributed by atoms with E-state index in [1.807, 2.05) is 18.2 Å². The van der Waals surface area contributed by atoms with E-state index in [1.165, 1.54) is 7.11 Å². The molecule has 1 heterocycles. The summed E-state index contributed by atoms with van der Waals surface area (Å²) in [4.78, 5) is 13.0. The quantitative estimate of drug-likeness (QED) is 0.679. The van der Waals surface area contributed by atoms with Gasteiger partial charge in [-0.15, -0.1) is 0 Å². The lowest BCUT2D eigenvalue weighted by Crippen LogP contribution is -2.35. The molecule has 1 aromatic rings. The van der Waals surface area contributed by atoms with Gasteiger partial charge in [-0.1, -0.05) is 23.7 Å². The van der Waals surface area contributed by atoms with E-state index in [2.05, 4.69) is 4.74 Å². The smallest absolute Gasteiger partial charge is 0.409 e. The number of hydrogen-bond acceptors (Lipinski definition) is 2. The average molecular weight is 226 g/mol. The van der Waals surface area contributed by atoms with Crippen LogP contribution >= 0.6 is 11.6 Å². The van der Waals surface area contributed by atoms with Crippen molar-refractivity contribution in [1.82, 2.24) is 4.90 Å². The van der Waals surface area contributed by atoms with Crippen molar-refractivity contribution in [3.63, 3.8) is 0 Å². The standard InChI is InChI=1S/C11H12ClNO2/c1-15-11(14)13-6-5-9-8(7-13)3-2-4-10(9)12/h2-4H,5-7H2,1H3. The molecule has 0 aromatic heterocycles. The molecule has 0 fully saturated rings. The fraction of sp³-hybridized carbons (Fsp3) is 0.364. The Morgan fingerprint density at radius 1 is 1.53 bits per heavy atom. The van der Waals surface area contributed by atoms with Crippen molar-refractivity contribution in [1.29, 1.82) is 0 Å². The van der Waals surface area contributed by atoms with Crippen molar-refractivity contribution in [3.05, 3.63) is 34.3 Å². The molecule has 0 saturated carbocycles. The van der Waals surface area contributed by atoms with Crippen LogP contribution in [0.1, 0.15) is 11.1 Å². The number of nitrogens with zero attached hydrogens (tertiary/aromatic N) is 1. The van der Waals surface area contributed by atoms with E-state index in [4.69, 9.17) is 11.6 Å². The van der Waals surface area contributed by atoms with Crippen LogP contribution in [0, 0.1) is 0 Å². The van der Waals surface area contributed by atoms with Crippen molar-refractivity contribution in [2.75, 3.05) is 13.7 Å². The summed E-state index contributed by atoms with van der Waals surface area (Å²) in [5.74, 6) is 0. The summed E-state index contributed by atoms with van der Waals surface area (Å²) in [5.41, 5.74) is 2.26. The number of rotatable bonds is 0. The van der Waals surface area contributed by atoms with Gasteiger partial charge >= 0.3 is 6.09 Å². The van der Waals surface area contributed by atoms with Crippen LogP contribution in [0.25, 0.3) is 0 Å². The summed E-state index contributed by atoms with van der Waals surface area (Å²) in [6.07, 6.45) is 0.519. The molecule has 0 aliphatic carbocycles. The molecule has 0 radical (unpaired) electrons. The lowest BCUT2D eigenvalue weighted by Gasteiger charge is -2.28. The Labute approximate surface area is 93.6 Å². The van der Waals surface area contributed by atoms with E-state index in [0.717, 1.165) is 22.6 Å². The number of carbonyl (C=O) groups excluding carboxylic acids is 1. The highest BCUT2D eigenvalue weighted by Gasteiger charge is 2.21. The number of benzene rings is 1. The maximum atomic E-state index is 11.3. The van der Waals surface area contributed by atoms with Crippen LogP contribution in [-0.4, -0.2) is 24.6 Å². The fourth-order valence-corrected chi connectivity index (χ4v) is 2.14.